The molecule has 1 amide bonds. The Labute approximate surface area is 210 Å². The van der Waals surface area contributed by atoms with Gasteiger partial charge in [-0.15, -0.1) is 11.3 Å². The van der Waals surface area contributed by atoms with Gasteiger partial charge < -0.3 is 19.8 Å². The van der Waals surface area contributed by atoms with Crippen molar-refractivity contribution < 1.29 is 18.7 Å². The number of benzene rings is 2. The van der Waals surface area contributed by atoms with E-state index in [1.807, 2.05) is 25.3 Å². The average Bonchev–Trinajstić information content (AvgIpc) is 3.36. The van der Waals surface area contributed by atoms with Crippen LogP contribution >= 0.6 is 11.3 Å². The van der Waals surface area contributed by atoms with E-state index in [0.29, 0.717) is 33.0 Å². The van der Waals surface area contributed by atoms with Gasteiger partial charge in [0.15, 0.2) is 11.5 Å². The molecule has 0 saturated heterocycles. The third kappa shape index (κ3) is 4.52. The zero-order valence-electron chi connectivity index (χ0n) is 20.1. The van der Waals surface area contributed by atoms with E-state index in [-0.39, 0.29) is 17.0 Å². The lowest BCUT2D eigenvalue weighted by Gasteiger charge is -2.10. The Morgan fingerprint density at radius 2 is 1.83 bits per heavy atom. The molecule has 0 bridgehead atoms. The summed E-state index contributed by atoms with van der Waals surface area (Å²) in [5, 5.41) is 5.18. The molecule has 0 aliphatic rings. The van der Waals surface area contributed by atoms with Crippen molar-refractivity contribution in [1.82, 2.24) is 9.97 Å². The number of nitrogens with zero attached hydrogens (tertiary/aromatic N) is 1. The minimum Gasteiger partial charge on any atom is -0.493 e. The molecule has 0 aliphatic carbocycles. The number of halogens is 1. The zero-order valence-corrected chi connectivity index (χ0v) is 21.0. The number of anilines is 1. The number of amides is 1. The van der Waals surface area contributed by atoms with Crippen LogP contribution in [0.3, 0.4) is 0 Å². The van der Waals surface area contributed by atoms with E-state index in [1.165, 1.54) is 43.9 Å². The van der Waals surface area contributed by atoms with Gasteiger partial charge in [0.1, 0.15) is 17.0 Å². The molecule has 0 unspecified atom stereocenters. The number of methoxy groups -OCH3 is 2. The van der Waals surface area contributed by atoms with Gasteiger partial charge in [-0.25, -0.2) is 9.37 Å². The third-order valence-corrected chi connectivity index (χ3v) is 6.45. The Bertz CT molecular complexity index is 1630. The van der Waals surface area contributed by atoms with Crippen LogP contribution in [0.25, 0.3) is 32.4 Å². The number of fused-ring (bicyclic) bond motifs is 2. The fourth-order valence-electron chi connectivity index (χ4n) is 3.73. The molecule has 0 spiro atoms. The van der Waals surface area contributed by atoms with Crippen LogP contribution in [0.2, 0.25) is 0 Å². The molecule has 9 heteroatoms. The monoisotopic (exact) mass is 505 g/mol. The number of nitrogens with one attached hydrogen (secondary N) is 2. The molecule has 7 nitrogen and oxygen atoms in total. The topological polar surface area (TPSA) is 93.3 Å². The molecule has 3 heterocycles. The van der Waals surface area contributed by atoms with E-state index in [9.17, 15) is 14.0 Å². The van der Waals surface area contributed by atoms with Crippen LogP contribution in [0.1, 0.15) is 24.2 Å². The van der Waals surface area contributed by atoms with Gasteiger partial charge in [0.05, 0.1) is 30.1 Å². The molecule has 0 atom stereocenters. The Balaban J connectivity index is 0.00000148. The zero-order chi connectivity index (χ0) is 25.8. The minimum absolute atomic E-state index is 0.0538. The van der Waals surface area contributed by atoms with Crippen molar-refractivity contribution in [1.29, 1.82) is 0 Å². The fraction of sp³-hybridized carbons (Fsp3) is 0.148. The highest BCUT2D eigenvalue weighted by molar-refractivity contribution is 7.17. The highest BCUT2D eigenvalue weighted by atomic mass is 32.1. The number of aromatic amines is 1. The second-order valence-corrected chi connectivity index (χ2v) is 8.29. The standard InChI is InChI=1S/C25H18FN3O4S.C2H6/c1-32-20-9-6-13(10-21(20)33-2)25(31)29-19-11-27-18-8-7-17(28-22(18)23(19)30)15-12-34-24-14(15)4-3-5-16(24)26;1-2/h3-12H,1-2H3,(H,27,30)(H,29,31);1-2H3. The summed E-state index contributed by atoms with van der Waals surface area (Å²) in [5.41, 5.74) is 1.87. The van der Waals surface area contributed by atoms with Crippen LogP contribution in [-0.2, 0) is 0 Å². The number of aromatic nitrogens is 2. The van der Waals surface area contributed by atoms with E-state index in [0.717, 1.165) is 10.9 Å². The summed E-state index contributed by atoms with van der Waals surface area (Å²) >= 11 is 1.28. The summed E-state index contributed by atoms with van der Waals surface area (Å²) in [6, 6.07) is 13.1. The molecule has 5 aromatic rings. The van der Waals surface area contributed by atoms with E-state index >= 15 is 0 Å². The quantitative estimate of drug-likeness (QED) is 0.295. The van der Waals surface area contributed by atoms with Crippen LogP contribution in [0, 0.1) is 5.82 Å². The number of thiophene rings is 1. The largest absolute Gasteiger partial charge is 0.493 e. The highest BCUT2D eigenvalue weighted by Crippen LogP contribution is 2.35. The first-order chi connectivity index (χ1) is 17.5. The van der Waals surface area contributed by atoms with Crippen LogP contribution < -0.4 is 20.2 Å². The molecule has 0 fully saturated rings. The lowest BCUT2D eigenvalue weighted by molar-refractivity contribution is 0.102. The van der Waals surface area contributed by atoms with Crippen molar-refractivity contribution in [3.8, 4) is 22.8 Å². The van der Waals surface area contributed by atoms with Crippen molar-refractivity contribution >= 4 is 44.1 Å². The predicted octanol–water partition coefficient (Wildman–Crippen LogP) is 6.24. The number of carbonyl (C=O) groups excluding carboxylic acids is 1. The van der Waals surface area contributed by atoms with Gasteiger partial charge in [0.2, 0.25) is 5.43 Å². The van der Waals surface area contributed by atoms with Crippen LogP contribution in [0.15, 0.2) is 64.9 Å². The van der Waals surface area contributed by atoms with Crippen molar-refractivity contribution in [3.63, 3.8) is 0 Å². The van der Waals surface area contributed by atoms with Gasteiger partial charge >= 0.3 is 0 Å². The van der Waals surface area contributed by atoms with E-state index < -0.39 is 11.3 Å². The van der Waals surface area contributed by atoms with Gasteiger partial charge in [-0.2, -0.15) is 0 Å². The summed E-state index contributed by atoms with van der Waals surface area (Å²) in [6.45, 7) is 4.00. The molecule has 3 aromatic heterocycles. The highest BCUT2D eigenvalue weighted by Gasteiger charge is 2.16. The summed E-state index contributed by atoms with van der Waals surface area (Å²) in [6.07, 6.45) is 1.43. The number of ether oxygens (including phenoxy) is 2. The molecule has 2 aromatic carbocycles. The lowest BCUT2D eigenvalue weighted by Crippen LogP contribution is -2.19. The summed E-state index contributed by atoms with van der Waals surface area (Å²) in [4.78, 5) is 33.5. The number of hydrogen-bond donors (Lipinski definition) is 2. The molecular formula is C27H24FN3O4S. The molecule has 184 valence electrons. The molecule has 0 saturated carbocycles. The maximum absolute atomic E-state index is 14.1. The number of hydrogen-bond acceptors (Lipinski definition) is 6. The number of H-pyrrole nitrogens is 1. The Morgan fingerprint density at radius 1 is 1.06 bits per heavy atom. The van der Waals surface area contributed by atoms with Crippen molar-refractivity contribution in [2.24, 2.45) is 0 Å². The van der Waals surface area contributed by atoms with Gasteiger partial charge in [0.25, 0.3) is 5.91 Å². The van der Waals surface area contributed by atoms with Gasteiger partial charge in [-0.1, -0.05) is 26.0 Å². The Hall–Kier alpha value is -4.24. The first-order valence-corrected chi connectivity index (χ1v) is 12.1. The van der Waals surface area contributed by atoms with Crippen LogP contribution in [0.5, 0.6) is 11.5 Å². The third-order valence-electron chi connectivity index (χ3n) is 5.45. The van der Waals surface area contributed by atoms with Crippen LogP contribution in [0.4, 0.5) is 10.1 Å². The smallest absolute Gasteiger partial charge is 0.255 e. The lowest BCUT2D eigenvalue weighted by atomic mass is 10.1. The van der Waals surface area contributed by atoms with E-state index in [2.05, 4.69) is 15.3 Å². The summed E-state index contributed by atoms with van der Waals surface area (Å²) < 4.78 is 25.1. The normalized spacial score (nSPS) is 10.6. The van der Waals surface area contributed by atoms with Crippen molar-refractivity contribution in [3.05, 3.63) is 81.7 Å². The van der Waals surface area contributed by atoms with Crippen LogP contribution in [-0.4, -0.2) is 30.1 Å². The molecular weight excluding hydrogens is 481 g/mol. The van der Waals surface area contributed by atoms with E-state index in [1.54, 1.807) is 30.3 Å². The maximum Gasteiger partial charge on any atom is 0.255 e. The SMILES string of the molecule is CC.COc1ccc(C(=O)Nc2c[nH]c3ccc(-c4csc5c(F)cccc45)nc3c2=O)cc1OC. The Morgan fingerprint density at radius 3 is 2.58 bits per heavy atom. The summed E-state index contributed by atoms with van der Waals surface area (Å²) in [5.74, 6) is 0.0993. The number of rotatable bonds is 5. The fourth-order valence-corrected chi connectivity index (χ4v) is 4.70. The van der Waals surface area contributed by atoms with Gasteiger partial charge in [-0.05, 0) is 36.4 Å². The first-order valence-electron chi connectivity index (χ1n) is 11.2. The molecule has 2 N–H and O–H groups in total. The number of pyridine rings is 2. The molecule has 0 aliphatic heterocycles. The van der Waals surface area contributed by atoms with Crippen molar-refractivity contribution in [2.75, 3.05) is 19.5 Å². The van der Waals surface area contributed by atoms with Crippen molar-refractivity contribution in [2.45, 2.75) is 13.8 Å². The number of carbonyl (C=O) groups is 1. The molecule has 0 radical (unpaired) electrons. The maximum atomic E-state index is 14.1. The second kappa shape index (κ2) is 10.6. The molecule has 5 rings (SSSR count). The average molecular weight is 506 g/mol. The van der Waals surface area contributed by atoms with Gasteiger partial charge in [-0.3, -0.25) is 9.59 Å². The van der Waals surface area contributed by atoms with E-state index in [4.69, 9.17) is 9.47 Å². The summed E-state index contributed by atoms with van der Waals surface area (Å²) in [7, 11) is 2.98. The molecule has 36 heavy (non-hydrogen) atoms. The Kier molecular flexibility index (Phi) is 7.30. The predicted molar refractivity (Wildman–Crippen MR) is 142 cm³/mol. The minimum atomic E-state index is -0.485. The first kappa shape index (κ1) is 24.9. The second-order valence-electron chi connectivity index (χ2n) is 7.41. The van der Waals surface area contributed by atoms with Gasteiger partial charge in [0, 0.05) is 28.1 Å².